The van der Waals surface area contributed by atoms with E-state index in [2.05, 4.69) is 5.10 Å². The summed E-state index contributed by atoms with van der Waals surface area (Å²) in [5.41, 5.74) is 6.89. The molecule has 0 aliphatic carbocycles. The predicted octanol–water partition coefficient (Wildman–Crippen LogP) is 3.39. The van der Waals surface area contributed by atoms with Crippen molar-refractivity contribution in [3.05, 3.63) is 70.4 Å². The maximum atomic E-state index is 10.7. The first-order valence-corrected chi connectivity index (χ1v) is 7.68. The van der Waals surface area contributed by atoms with Gasteiger partial charge in [0.25, 0.3) is 5.69 Å². The van der Waals surface area contributed by atoms with E-state index in [1.165, 1.54) is 28.6 Å². The number of nitriles is 1. The molecular formula is C16H11N5O2S. The van der Waals surface area contributed by atoms with Crippen molar-refractivity contribution >= 4 is 23.3 Å². The summed E-state index contributed by atoms with van der Waals surface area (Å²) >= 11 is 1.35. The summed E-state index contributed by atoms with van der Waals surface area (Å²) in [6, 6.07) is 17.4. The second-order valence-corrected chi connectivity index (χ2v) is 5.86. The summed E-state index contributed by atoms with van der Waals surface area (Å²) in [4.78, 5) is 11.7. The van der Waals surface area contributed by atoms with Gasteiger partial charge < -0.3 is 5.73 Å². The number of nitro benzene ring substituents is 1. The van der Waals surface area contributed by atoms with Gasteiger partial charge in [0.1, 0.15) is 11.9 Å². The molecule has 0 saturated carbocycles. The van der Waals surface area contributed by atoms with Crippen molar-refractivity contribution in [3.63, 3.8) is 0 Å². The maximum Gasteiger partial charge on any atom is 0.269 e. The van der Waals surface area contributed by atoms with E-state index < -0.39 is 4.92 Å². The second-order valence-electron chi connectivity index (χ2n) is 4.78. The number of nitrogens with two attached hydrogens (primary N) is 1. The molecule has 0 atom stereocenters. The number of hydrogen-bond donors (Lipinski definition) is 1. The standard InChI is InChI=1S/C16H11N5O2S/c17-10-14-15(24-13-4-2-1-3-5-13)16(18)20(19-14)11-6-8-12(9-7-11)21(22)23/h1-9H,18H2. The van der Waals surface area contributed by atoms with Gasteiger partial charge in [0.2, 0.25) is 0 Å². The third-order valence-electron chi connectivity index (χ3n) is 3.25. The van der Waals surface area contributed by atoms with E-state index in [-0.39, 0.29) is 11.4 Å². The van der Waals surface area contributed by atoms with Gasteiger partial charge in [-0.1, -0.05) is 30.0 Å². The largest absolute Gasteiger partial charge is 0.383 e. The van der Waals surface area contributed by atoms with Crippen LogP contribution in [0, 0.1) is 21.4 Å². The lowest BCUT2D eigenvalue weighted by Crippen LogP contribution is -2.02. The summed E-state index contributed by atoms with van der Waals surface area (Å²) in [5, 5.41) is 24.3. The van der Waals surface area contributed by atoms with Crippen molar-refractivity contribution in [2.45, 2.75) is 9.79 Å². The number of aromatic nitrogens is 2. The summed E-state index contributed by atoms with van der Waals surface area (Å²) in [6.07, 6.45) is 0. The summed E-state index contributed by atoms with van der Waals surface area (Å²) < 4.78 is 1.41. The smallest absolute Gasteiger partial charge is 0.269 e. The molecule has 118 valence electrons. The van der Waals surface area contributed by atoms with Gasteiger partial charge in [-0.3, -0.25) is 10.1 Å². The summed E-state index contributed by atoms with van der Waals surface area (Å²) in [7, 11) is 0. The molecule has 0 saturated heterocycles. The van der Waals surface area contributed by atoms with Gasteiger partial charge in [-0.15, -0.1) is 0 Å². The molecule has 3 rings (SSSR count). The van der Waals surface area contributed by atoms with Crippen LogP contribution in [0.5, 0.6) is 0 Å². The quantitative estimate of drug-likeness (QED) is 0.577. The van der Waals surface area contributed by atoms with Crippen molar-refractivity contribution in [1.29, 1.82) is 5.26 Å². The van der Waals surface area contributed by atoms with E-state index in [9.17, 15) is 15.4 Å². The van der Waals surface area contributed by atoms with Gasteiger partial charge in [-0.2, -0.15) is 10.4 Å². The van der Waals surface area contributed by atoms with Crippen LogP contribution in [0.15, 0.2) is 64.4 Å². The van der Waals surface area contributed by atoms with E-state index >= 15 is 0 Å². The molecule has 0 aliphatic heterocycles. The predicted molar refractivity (Wildman–Crippen MR) is 89.9 cm³/mol. The van der Waals surface area contributed by atoms with Crippen LogP contribution in [-0.2, 0) is 0 Å². The summed E-state index contributed by atoms with van der Waals surface area (Å²) in [6.45, 7) is 0. The summed E-state index contributed by atoms with van der Waals surface area (Å²) in [5.74, 6) is 0.314. The molecule has 2 N–H and O–H groups in total. The van der Waals surface area contributed by atoms with E-state index in [0.29, 0.717) is 16.4 Å². The lowest BCUT2D eigenvalue weighted by atomic mass is 10.3. The Balaban J connectivity index is 2.01. The Kier molecular flexibility index (Phi) is 4.18. The minimum Gasteiger partial charge on any atom is -0.383 e. The number of rotatable bonds is 4. The lowest BCUT2D eigenvalue weighted by molar-refractivity contribution is -0.384. The van der Waals surface area contributed by atoms with Crippen molar-refractivity contribution in [1.82, 2.24) is 9.78 Å². The third-order valence-corrected chi connectivity index (χ3v) is 4.36. The minimum atomic E-state index is -0.479. The topological polar surface area (TPSA) is 111 Å². The van der Waals surface area contributed by atoms with E-state index in [4.69, 9.17) is 5.73 Å². The third kappa shape index (κ3) is 2.93. The van der Waals surface area contributed by atoms with E-state index in [1.807, 2.05) is 36.4 Å². The molecule has 1 heterocycles. The average molecular weight is 337 g/mol. The van der Waals surface area contributed by atoms with Crippen molar-refractivity contribution < 1.29 is 4.92 Å². The molecule has 0 unspecified atom stereocenters. The van der Waals surface area contributed by atoms with Crippen LogP contribution in [0.4, 0.5) is 11.5 Å². The zero-order valence-electron chi connectivity index (χ0n) is 12.3. The zero-order chi connectivity index (χ0) is 17.1. The Bertz CT molecular complexity index is 930. The Morgan fingerprint density at radius 3 is 2.42 bits per heavy atom. The van der Waals surface area contributed by atoms with Crippen LogP contribution < -0.4 is 5.73 Å². The molecule has 0 spiro atoms. The van der Waals surface area contributed by atoms with Crippen LogP contribution in [-0.4, -0.2) is 14.7 Å². The van der Waals surface area contributed by atoms with Crippen molar-refractivity contribution in [2.24, 2.45) is 0 Å². The lowest BCUT2D eigenvalue weighted by Gasteiger charge is -2.05. The van der Waals surface area contributed by atoms with Gasteiger partial charge in [0.05, 0.1) is 15.5 Å². The Labute approximate surface area is 141 Å². The molecule has 24 heavy (non-hydrogen) atoms. The normalized spacial score (nSPS) is 10.3. The highest BCUT2D eigenvalue weighted by molar-refractivity contribution is 7.99. The van der Waals surface area contributed by atoms with Crippen molar-refractivity contribution in [3.8, 4) is 11.8 Å². The fraction of sp³-hybridized carbons (Fsp3) is 0. The van der Waals surface area contributed by atoms with Gasteiger partial charge in [-0.05, 0) is 24.3 Å². The number of nitro groups is 1. The monoisotopic (exact) mass is 337 g/mol. The molecule has 0 radical (unpaired) electrons. The maximum absolute atomic E-state index is 10.7. The first-order chi connectivity index (χ1) is 11.6. The van der Waals surface area contributed by atoms with Gasteiger partial charge >= 0.3 is 0 Å². The Morgan fingerprint density at radius 1 is 1.17 bits per heavy atom. The average Bonchev–Trinajstić information content (AvgIpc) is 2.92. The van der Waals surface area contributed by atoms with Crippen LogP contribution in [0.1, 0.15) is 5.69 Å². The molecule has 2 aromatic carbocycles. The highest BCUT2D eigenvalue weighted by atomic mass is 32.2. The second kappa shape index (κ2) is 6.44. The number of nitrogens with zero attached hydrogens (tertiary/aromatic N) is 4. The molecule has 8 heteroatoms. The molecule has 1 aromatic heterocycles. The Hall–Kier alpha value is -3.31. The van der Waals surface area contributed by atoms with Gasteiger partial charge in [0, 0.05) is 17.0 Å². The number of hydrogen-bond acceptors (Lipinski definition) is 6. The SMILES string of the molecule is N#Cc1nn(-c2ccc([N+](=O)[O-])cc2)c(N)c1Sc1ccccc1. The molecular weight excluding hydrogens is 326 g/mol. The molecule has 0 amide bonds. The van der Waals surface area contributed by atoms with Crippen LogP contribution in [0.25, 0.3) is 5.69 Å². The molecule has 0 bridgehead atoms. The Morgan fingerprint density at radius 2 is 1.83 bits per heavy atom. The number of anilines is 1. The highest BCUT2D eigenvalue weighted by Gasteiger charge is 2.18. The van der Waals surface area contributed by atoms with E-state index in [1.54, 1.807) is 12.1 Å². The van der Waals surface area contributed by atoms with Gasteiger partial charge in [0.15, 0.2) is 5.69 Å². The first kappa shape index (κ1) is 15.6. The zero-order valence-corrected chi connectivity index (χ0v) is 13.1. The molecule has 3 aromatic rings. The van der Waals surface area contributed by atoms with E-state index in [0.717, 1.165) is 4.90 Å². The minimum absolute atomic E-state index is 0.0242. The highest BCUT2D eigenvalue weighted by Crippen LogP contribution is 2.35. The molecule has 0 fully saturated rings. The fourth-order valence-electron chi connectivity index (χ4n) is 2.11. The van der Waals surface area contributed by atoms with Crippen molar-refractivity contribution in [2.75, 3.05) is 5.73 Å². The first-order valence-electron chi connectivity index (χ1n) is 6.86. The number of nitrogen functional groups attached to an aromatic ring is 1. The molecule has 0 aliphatic rings. The number of non-ortho nitro benzene ring substituents is 1. The molecule has 7 nitrogen and oxygen atoms in total. The fourth-order valence-corrected chi connectivity index (χ4v) is 3.01. The van der Waals surface area contributed by atoms with Crippen LogP contribution in [0.3, 0.4) is 0 Å². The van der Waals surface area contributed by atoms with Gasteiger partial charge in [-0.25, -0.2) is 4.68 Å². The number of benzene rings is 2. The van der Waals surface area contributed by atoms with Crippen LogP contribution in [0.2, 0.25) is 0 Å². The van der Waals surface area contributed by atoms with Crippen LogP contribution >= 0.6 is 11.8 Å².